The lowest BCUT2D eigenvalue weighted by Gasteiger charge is -2.18. The first-order valence-electron chi connectivity index (χ1n) is 20.0. The van der Waals surface area contributed by atoms with Crippen molar-refractivity contribution in [2.75, 3.05) is 26.4 Å². The van der Waals surface area contributed by atoms with Crippen LogP contribution in [0.1, 0.15) is 181 Å². The molecule has 1 aromatic rings. The minimum atomic E-state index is -0.671. The molecule has 0 radical (unpaired) electrons. The Morgan fingerprint density at radius 1 is 0.612 bits per heavy atom. The van der Waals surface area contributed by atoms with E-state index in [1.165, 1.54) is 96.3 Å². The van der Waals surface area contributed by atoms with E-state index in [0.717, 1.165) is 38.5 Å². The van der Waals surface area contributed by atoms with Crippen LogP contribution in [0.15, 0.2) is 6.20 Å². The lowest BCUT2D eigenvalue weighted by molar-refractivity contribution is -0.160. The normalized spacial score (nSPS) is 11.8. The van der Waals surface area contributed by atoms with Crippen LogP contribution in [0.3, 0.4) is 0 Å². The summed E-state index contributed by atoms with van der Waals surface area (Å²) in [5, 5.41) is 8.31. The molecule has 0 spiro atoms. The van der Waals surface area contributed by atoms with Gasteiger partial charge >= 0.3 is 17.9 Å². The molecule has 0 aromatic carbocycles. The molecule has 0 amide bonds. The van der Waals surface area contributed by atoms with Gasteiger partial charge in [0.05, 0.1) is 25.3 Å². The molecule has 0 bridgehead atoms. The third-order valence-corrected chi connectivity index (χ3v) is 8.70. The summed E-state index contributed by atoms with van der Waals surface area (Å²) in [6.45, 7) is 7.73. The summed E-state index contributed by atoms with van der Waals surface area (Å²) in [4.78, 5) is 37.3. The first kappa shape index (κ1) is 44.5. The maximum Gasteiger partial charge on any atom is 0.306 e. The molecule has 0 N–H and O–H groups in total. The van der Waals surface area contributed by atoms with Crippen LogP contribution in [0.4, 0.5) is 0 Å². The number of esters is 3. The Kier molecular flexibility index (Phi) is 29.7. The van der Waals surface area contributed by atoms with E-state index in [9.17, 15) is 14.4 Å². The highest BCUT2D eigenvalue weighted by molar-refractivity contribution is 5.70. The fraction of sp³-hybridized carbons (Fsp3) is 0.872. The molecule has 49 heavy (non-hydrogen) atoms. The standard InChI is InChI=1S/C39H71N3O7/c1-4-7-9-11-13-15-17-19-20-22-24-26-37(43)48-34-36(49-39(45)27-25-23-21-18-16-14-12-10-8-5-2)33-42-32-35(40-41-42)28-29-38(44)47-31-30-46-6-3/h32,36H,4-31,33-34H2,1-3H3. The Hall–Kier alpha value is -2.49. The molecule has 0 aliphatic rings. The monoisotopic (exact) mass is 694 g/mol. The molecule has 1 unspecified atom stereocenters. The van der Waals surface area contributed by atoms with E-state index in [1.807, 2.05) is 6.92 Å². The van der Waals surface area contributed by atoms with Gasteiger partial charge in [0.15, 0.2) is 6.10 Å². The molecule has 1 heterocycles. The maximum atomic E-state index is 12.8. The maximum absolute atomic E-state index is 12.8. The van der Waals surface area contributed by atoms with Crippen molar-refractivity contribution in [1.82, 2.24) is 15.0 Å². The van der Waals surface area contributed by atoms with Crippen molar-refractivity contribution in [3.8, 4) is 0 Å². The highest BCUT2D eigenvalue weighted by atomic mass is 16.6. The molecular weight excluding hydrogens is 622 g/mol. The predicted molar refractivity (Wildman–Crippen MR) is 194 cm³/mol. The fourth-order valence-electron chi connectivity index (χ4n) is 5.73. The molecule has 0 saturated carbocycles. The number of rotatable bonds is 35. The van der Waals surface area contributed by atoms with Crippen molar-refractivity contribution in [3.05, 3.63) is 11.9 Å². The Balaban J connectivity index is 2.44. The highest BCUT2D eigenvalue weighted by Gasteiger charge is 2.19. The molecule has 10 heteroatoms. The molecular formula is C39H71N3O7. The van der Waals surface area contributed by atoms with Crippen LogP contribution in [0, 0.1) is 0 Å². The summed E-state index contributed by atoms with van der Waals surface area (Å²) >= 11 is 0. The topological polar surface area (TPSA) is 119 Å². The number of nitrogens with zero attached hydrogens (tertiary/aromatic N) is 3. The lowest BCUT2D eigenvalue weighted by atomic mass is 10.1. The van der Waals surface area contributed by atoms with Crippen LogP contribution in [-0.4, -0.2) is 65.4 Å². The van der Waals surface area contributed by atoms with Gasteiger partial charge in [0, 0.05) is 32.1 Å². The van der Waals surface area contributed by atoms with Gasteiger partial charge in [-0.2, -0.15) is 0 Å². The Bertz CT molecular complexity index is 939. The number of aryl methyl sites for hydroxylation is 1. The summed E-state index contributed by atoms with van der Waals surface area (Å²) < 4.78 is 23.3. The summed E-state index contributed by atoms with van der Waals surface area (Å²) in [6, 6.07) is 0. The first-order valence-corrected chi connectivity index (χ1v) is 20.0. The number of aromatic nitrogens is 3. The second-order valence-corrected chi connectivity index (χ2v) is 13.4. The Labute approximate surface area is 298 Å². The van der Waals surface area contributed by atoms with Gasteiger partial charge < -0.3 is 18.9 Å². The SMILES string of the molecule is CCCCCCCCCCCCCC(=O)OCC(Cn1cc(CCC(=O)OCCOCC)nn1)OC(=O)CCCCCCCCCCCC. The van der Waals surface area contributed by atoms with Crippen molar-refractivity contribution in [3.63, 3.8) is 0 Å². The van der Waals surface area contributed by atoms with Crippen LogP contribution >= 0.6 is 0 Å². The number of carbonyl (C=O) groups excluding carboxylic acids is 3. The number of carbonyl (C=O) groups is 3. The second-order valence-electron chi connectivity index (χ2n) is 13.4. The molecule has 284 valence electrons. The molecule has 0 saturated heterocycles. The molecule has 1 aromatic heterocycles. The largest absolute Gasteiger partial charge is 0.463 e. The number of unbranched alkanes of at least 4 members (excludes halogenated alkanes) is 19. The first-order chi connectivity index (χ1) is 24.0. The van der Waals surface area contributed by atoms with Crippen molar-refractivity contribution in [1.29, 1.82) is 0 Å². The van der Waals surface area contributed by atoms with Crippen molar-refractivity contribution in [2.45, 2.75) is 194 Å². The van der Waals surface area contributed by atoms with Gasteiger partial charge in [0.25, 0.3) is 0 Å². The average Bonchev–Trinajstić information content (AvgIpc) is 3.55. The van der Waals surface area contributed by atoms with Gasteiger partial charge in [-0.25, -0.2) is 4.68 Å². The summed E-state index contributed by atoms with van der Waals surface area (Å²) in [6.07, 6.45) is 27.7. The summed E-state index contributed by atoms with van der Waals surface area (Å²) in [5.74, 6) is -0.882. The van der Waals surface area contributed by atoms with Crippen LogP contribution in [0.5, 0.6) is 0 Å². The summed E-state index contributed by atoms with van der Waals surface area (Å²) in [5.41, 5.74) is 0.630. The van der Waals surface area contributed by atoms with Gasteiger partial charge in [-0.3, -0.25) is 14.4 Å². The number of hydrogen-bond acceptors (Lipinski definition) is 9. The zero-order valence-corrected chi connectivity index (χ0v) is 31.6. The smallest absolute Gasteiger partial charge is 0.306 e. The lowest BCUT2D eigenvalue weighted by Crippen LogP contribution is -2.30. The van der Waals surface area contributed by atoms with Gasteiger partial charge in [-0.1, -0.05) is 141 Å². The minimum absolute atomic E-state index is 0.0258. The van der Waals surface area contributed by atoms with Crippen LogP contribution in [0.25, 0.3) is 0 Å². The number of hydrogen-bond donors (Lipinski definition) is 0. The van der Waals surface area contributed by atoms with Gasteiger partial charge in [-0.05, 0) is 19.8 Å². The van der Waals surface area contributed by atoms with E-state index in [1.54, 1.807) is 10.9 Å². The Morgan fingerprint density at radius 3 is 1.63 bits per heavy atom. The van der Waals surface area contributed by atoms with Crippen LogP contribution < -0.4 is 0 Å². The predicted octanol–water partition coefficient (Wildman–Crippen LogP) is 9.26. The zero-order chi connectivity index (χ0) is 35.6. The second kappa shape index (κ2) is 32.7. The number of ether oxygens (including phenoxy) is 4. The van der Waals surface area contributed by atoms with Crippen molar-refractivity contribution < 1.29 is 33.3 Å². The van der Waals surface area contributed by atoms with Crippen LogP contribution in [0.2, 0.25) is 0 Å². The quantitative estimate of drug-likeness (QED) is 0.0389. The molecule has 1 atom stereocenters. The van der Waals surface area contributed by atoms with Crippen molar-refractivity contribution >= 4 is 17.9 Å². The van der Waals surface area contributed by atoms with Crippen LogP contribution in [-0.2, 0) is 46.3 Å². The Morgan fingerprint density at radius 2 is 1.10 bits per heavy atom. The van der Waals surface area contributed by atoms with Crippen molar-refractivity contribution in [2.24, 2.45) is 0 Å². The molecule has 0 aliphatic carbocycles. The van der Waals surface area contributed by atoms with E-state index in [-0.39, 0.29) is 44.1 Å². The van der Waals surface area contributed by atoms with Gasteiger partial charge in [-0.15, -0.1) is 5.10 Å². The van der Waals surface area contributed by atoms with Gasteiger partial charge in [0.2, 0.25) is 0 Å². The van der Waals surface area contributed by atoms with E-state index in [2.05, 4.69) is 24.2 Å². The third kappa shape index (κ3) is 28.0. The molecule has 10 nitrogen and oxygen atoms in total. The van der Waals surface area contributed by atoms with Gasteiger partial charge in [0.1, 0.15) is 13.2 Å². The third-order valence-electron chi connectivity index (χ3n) is 8.70. The molecule has 0 fully saturated rings. The zero-order valence-electron chi connectivity index (χ0n) is 31.6. The van der Waals surface area contributed by atoms with E-state index in [4.69, 9.17) is 18.9 Å². The van der Waals surface area contributed by atoms with E-state index >= 15 is 0 Å². The minimum Gasteiger partial charge on any atom is -0.463 e. The van der Waals surface area contributed by atoms with E-state index in [0.29, 0.717) is 38.2 Å². The average molecular weight is 694 g/mol. The van der Waals surface area contributed by atoms with E-state index < -0.39 is 6.10 Å². The highest BCUT2D eigenvalue weighted by Crippen LogP contribution is 2.14. The molecule has 0 aliphatic heterocycles. The summed E-state index contributed by atoms with van der Waals surface area (Å²) in [7, 11) is 0. The molecule has 1 rings (SSSR count). The fourth-order valence-corrected chi connectivity index (χ4v) is 5.73.